The predicted octanol–water partition coefficient (Wildman–Crippen LogP) is 5.04. The molecule has 0 spiro atoms. The fourth-order valence-corrected chi connectivity index (χ4v) is 3.25. The first-order valence-electron chi connectivity index (χ1n) is 9.69. The van der Waals surface area contributed by atoms with Crippen LogP contribution in [-0.2, 0) is 13.0 Å². The molecule has 2 aromatic carbocycles. The van der Waals surface area contributed by atoms with Crippen molar-refractivity contribution < 1.29 is 9.53 Å². The molecule has 1 amide bonds. The van der Waals surface area contributed by atoms with Gasteiger partial charge in [-0.15, -0.1) is 0 Å². The topological polar surface area (TPSA) is 55.6 Å². The van der Waals surface area contributed by atoms with Gasteiger partial charge in [0.15, 0.2) is 0 Å². The second-order valence-corrected chi connectivity index (χ2v) is 6.99. The number of carbonyl (C=O) groups excluding carboxylic acids is 1. The number of benzene rings is 2. The van der Waals surface area contributed by atoms with Gasteiger partial charge in [-0.1, -0.05) is 37.3 Å². The lowest BCUT2D eigenvalue weighted by Crippen LogP contribution is -2.13. The summed E-state index contributed by atoms with van der Waals surface area (Å²) in [7, 11) is 0. The summed E-state index contributed by atoms with van der Waals surface area (Å²) in [5.41, 5.74) is 5.39. The Labute approximate surface area is 170 Å². The molecule has 2 heterocycles. The van der Waals surface area contributed by atoms with Crippen molar-refractivity contribution in [3.05, 3.63) is 95.4 Å². The van der Waals surface area contributed by atoms with Gasteiger partial charge in [-0.3, -0.25) is 4.79 Å². The molecule has 0 aliphatic carbocycles. The number of amides is 1. The summed E-state index contributed by atoms with van der Waals surface area (Å²) < 4.78 is 7.87. The summed E-state index contributed by atoms with van der Waals surface area (Å²) in [6.07, 6.45) is 4.85. The Balaban J connectivity index is 1.45. The van der Waals surface area contributed by atoms with E-state index in [2.05, 4.69) is 17.2 Å². The van der Waals surface area contributed by atoms with Crippen LogP contribution in [0.1, 0.15) is 34.1 Å². The maximum absolute atomic E-state index is 12.7. The zero-order chi connectivity index (χ0) is 20.2. The molecule has 1 N–H and O–H groups in total. The second-order valence-electron chi connectivity index (χ2n) is 6.99. The lowest BCUT2D eigenvalue weighted by molar-refractivity contribution is 0.102. The van der Waals surface area contributed by atoms with Gasteiger partial charge in [-0.2, -0.15) is 0 Å². The Morgan fingerprint density at radius 2 is 1.93 bits per heavy atom. The van der Waals surface area contributed by atoms with Gasteiger partial charge in [0.2, 0.25) is 0 Å². The fourth-order valence-electron chi connectivity index (χ4n) is 3.25. The molecule has 0 saturated heterocycles. The van der Waals surface area contributed by atoms with Crippen LogP contribution >= 0.6 is 0 Å². The lowest BCUT2D eigenvalue weighted by atomic mass is 10.1. The highest BCUT2D eigenvalue weighted by atomic mass is 16.5. The summed E-state index contributed by atoms with van der Waals surface area (Å²) in [6.45, 7) is 4.45. The molecule has 2 aromatic heterocycles. The highest BCUT2D eigenvalue weighted by molar-refractivity contribution is 6.04. The van der Waals surface area contributed by atoms with Gasteiger partial charge in [-0.25, -0.2) is 4.98 Å². The first-order valence-corrected chi connectivity index (χ1v) is 9.69. The molecule has 4 aromatic rings. The average molecular weight is 385 g/mol. The Kier molecular flexibility index (Phi) is 5.29. The van der Waals surface area contributed by atoms with E-state index < -0.39 is 0 Å². The number of hydrogen-bond acceptors (Lipinski definition) is 3. The van der Waals surface area contributed by atoms with E-state index in [0.717, 1.165) is 29.0 Å². The van der Waals surface area contributed by atoms with Crippen molar-refractivity contribution in [2.24, 2.45) is 0 Å². The number of ether oxygens (including phenoxy) is 1. The van der Waals surface area contributed by atoms with Crippen LogP contribution in [0, 0.1) is 6.92 Å². The van der Waals surface area contributed by atoms with Gasteiger partial charge < -0.3 is 14.5 Å². The number of aryl methyl sites for hydroxylation is 2. The third-order valence-electron chi connectivity index (χ3n) is 4.78. The number of hydrogen-bond donors (Lipinski definition) is 1. The van der Waals surface area contributed by atoms with Gasteiger partial charge >= 0.3 is 0 Å². The van der Waals surface area contributed by atoms with Gasteiger partial charge in [0.25, 0.3) is 5.91 Å². The predicted molar refractivity (Wildman–Crippen MR) is 114 cm³/mol. The molecule has 0 atom stereocenters. The van der Waals surface area contributed by atoms with Crippen LogP contribution in [-0.4, -0.2) is 15.3 Å². The van der Waals surface area contributed by atoms with Crippen LogP contribution in [0.5, 0.6) is 5.75 Å². The van der Waals surface area contributed by atoms with Crippen LogP contribution in [0.3, 0.4) is 0 Å². The molecule has 0 radical (unpaired) electrons. The Morgan fingerprint density at radius 3 is 2.79 bits per heavy atom. The van der Waals surface area contributed by atoms with E-state index in [0.29, 0.717) is 17.9 Å². The van der Waals surface area contributed by atoms with Crippen molar-refractivity contribution in [3.63, 3.8) is 0 Å². The minimum absolute atomic E-state index is 0.153. The summed E-state index contributed by atoms with van der Waals surface area (Å²) in [4.78, 5) is 17.2. The number of aromatic nitrogens is 2. The Bertz CT molecular complexity index is 1160. The van der Waals surface area contributed by atoms with Gasteiger partial charge in [-0.05, 0) is 54.8 Å². The van der Waals surface area contributed by atoms with Gasteiger partial charge in [0.1, 0.15) is 18.0 Å². The first-order chi connectivity index (χ1) is 14.1. The van der Waals surface area contributed by atoms with Gasteiger partial charge in [0, 0.05) is 23.6 Å². The molecule has 0 bridgehead atoms. The van der Waals surface area contributed by atoms with Crippen molar-refractivity contribution in [1.82, 2.24) is 9.38 Å². The first kappa shape index (κ1) is 18.7. The molecule has 0 unspecified atom stereocenters. The Hall–Kier alpha value is -3.60. The molecule has 146 valence electrons. The minimum atomic E-state index is -0.153. The van der Waals surface area contributed by atoms with Crippen molar-refractivity contribution in [1.29, 1.82) is 0 Å². The van der Waals surface area contributed by atoms with Crippen molar-refractivity contribution >= 4 is 17.2 Å². The summed E-state index contributed by atoms with van der Waals surface area (Å²) in [6, 6.07) is 19.1. The summed E-state index contributed by atoms with van der Waals surface area (Å²) in [5.74, 6) is 0.481. The minimum Gasteiger partial charge on any atom is -0.487 e. The standard InChI is InChI=1S/C24H23N3O2/c1-3-18-7-4-5-10-22(18)26-24(28)19-8-6-9-21(13-19)29-16-20-15-27-14-17(2)11-12-23(27)25-20/h4-15H,3,16H2,1-2H3,(H,26,28). The van der Waals surface area contributed by atoms with Crippen LogP contribution in [0.2, 0.25) is 0 Å². The van der Waals surface area contributed by atoms with E-state index in [1.54, 1.807) is 12.1 Å². The molecule has 0 saturated carbocycles. The number of rotatable bonds is 6. The number of pyridine rings is 1. The van der Waals surface area contributed by atoms with Crippen molar-refractivity contribution in [2.45, 2.75) is 26.9 Å². The van der Waals surface area contributed by atoms with Crippen molar-refractivity contribution in [2.75, 3.05) is 5.32 Å². The monoisotopic (exact) mass is 385 g/mol. The smallest absolute Gasteiger partial charge is 0.255 e. The third kappa shape index (κ3) is 4.29. The number of nitrogens with zero attached hydrogens (tertiary/aromatic N) is 2. The van der Waals surface area contributed by atoms with Crippen LogP contribution < -0.4 is 10.1 Å². The number of anilines is 1. The average Bonchev–Trinajstić information content (AvgIpc) is 3.15. The maximum atomic E-state index is 12.7. The number of fused-ring (bicyclic) bond motifs is 1. The van der Waals surface area contributed by atoms with E-state index in [4.69, 9.17) is 4.74 Å². The van der Waals surface area contributed by atoms with E-state index in [9.17, 15) is 4.79 Å². The van der Waals surface area contributed by atoms with E-state index >= 15 is 0 Å². The zero-order valence-electron chi connectivity index (χ0n) is 16.6. The molecule has 0 aliphatic rings. The van der Waals surface area contributed by atoms with E-state index in [1.165, 1.54) is 5.56 Å². The highest BCUT2D eigenvalue weighted by Gasteiger charge is 2.10. The molecule has 0 aliphatic heterocycles. The second kappa shape index (κ2) is 8.19. The lowest BCUT2D eigenvalue weighted by Gasteiger charge is -2.11. The largest absolute Gasteiger partial charge is 0.487 e. The zero-order valence-corrected chi connectivity index (χ0v) is 16.6. The van der Waals surface area contributed by atoms with Crippen LogP contribution in [0.15, 0.2) is 73.1 Å². The molecular formula is C24H23N3O2. The van der Waals surface area contributed by atoms with E-state index in [-0.39, 0.29) is 5.91 Å². The fraction of sp³-hybridized carbons (Fsp3) is 0.167. The molecular weight excluding hydrogens is 362 g/mol. The maximum Gasteiger partial charge on any atom is 0.255 e. The quantitative estimate of drug-likeness (QED) is 0.506. The molecule has 29 heavy (non-hydrogen) atoms. The van der Waals surface area contributed by atoms with Crippen molar-refractivity contribution in [3.8, 4) is 5.75 Å². The molecule has 0 fully saturated rings. The Morgan fingerprint density at radius 1 is 1.07 bits per heavy atom. The van der Waals surface area contributed by atoms with E-state index in [1.807, 2.05) is 72.2 Å². The summed E-state index contributed by atoms with van der Waals surface area (Å²) in [5, 5.41) is 2.99. The molecule has 5 nitrogen and oxygen atoms in total. The molecule has 5 heteroatoms. The van der Waals surface area contributed by atoms with Crippen LogP contribution in [0.4, 0.5) is 5.69 Å². The number of para-hydroxylation sites is 1. The summed E-state index contributed by atoms with van der Waals surface area (Å²) >= 11 is 0. The SMILES string of the molecule is CCc1ccccc1NC(=O)c1cccc(OCc2cn3cc(C)ccc3n2)c1. The normalized spacial score (nSPS) is 10.8. The third-order valence-corrected chi connectivity index (χ3v) is 4.78. The number of carbonyl (C=O) groups is 1. The highest BCUT2D eigenvalue weighted by Crippen LogP contribution is 2.19. The number of nitrogens with one attached hydrogen (secondary N) is 1. The van der Waals surface area contributed by atoms with Crippen LogP contribution in [0.25, 0.3) is 5.65 Å². The number of imidazole rings is 1. The molecule has 4 rings (SSSR count). The van der Waals surface area contributed by atoms with Gasteiger partial charge in [0.05, 0.1) is 5.69 Å².